The van der Waals surface area contributed by atoms with Crippen molar-refractivity contribution >= 4 is 27.5 Å². The van der Waals surface area contributed by atoms with Crippen molar-refractivity contribution in [1.29, 1.82) is 0 Å². The topological polar surface area (TPSA) is 106 Å². The summed E-state index contributed by atoms with van der Waals surface area (Å²) in [7, 11) is -4.25. The number of ketones is 1. The highest BCUT2D eigenvalue weighted by atomic mass is 32.2. The number of carbonyl (C=O) groups is 2. The summed E-state index contributed by atoms with van der Waals surface area (Å²) in [6, 6.07) is 7.41. The first kappa shape index (κ1) is 28.5. The molecule has 4 rings (SSSR count). The number of halogens is 1. The fourth-order valence-corrected chi connectivity index (χ4v) is 6.06. The minimum atomic E-state index is -4.25. The van der Waals surface area contributed by atoms with E-state index in [2.05, 4.69) is 11.6 Å². The molecule has 1 aromatic carbocycles. The van der Waals surface area contributed by atoms with Gasteiger partial charge in [0.2, 0.25) is 0 Å². The number of hydrogen-bond donors (Lipinski definition) is 1. The van der Waals surface area contributed by atoms with Crippen molar-refractivity contribution in [2.75, 3.05) is 18.1 Å². The molecule has 0 spiro atoms. The van der Waals surface area contributed by atoms with Crippen LogP contribution in [0.25, 0.3) is 11.3 Å². The second-order valence-electron chi connectivity index (χ2n) is 11.3. The Labute approximate surface area is 229 Å². The van der Waals surface area contributed by atoms with Crippen LogP contribution in [0.1, 0.15) is 57.8 Å². The molecule has 2 heterocycles. The summed E-state index contributed by atoms with van der Waals surface area (Å²) in [4.78, 5) is 31.7. The Kier molecular flexibility index (Phi) is 7.97. The van der Waals surface area contributed by atoms with Crippen molar-refractivity contribution in [2.24, 2.45) is 11.8 Å². The van der Waals surface area contributed by atoms with Gasteiger partial charge >= 0.3 is 0 Å². The van der Waals surface area contributed by atoms with Gasteiger partial charge in [-0.05, 0) is 68.5 Å². The van der Waals surface area contributed by atoms with Crippen LogP contribution in [-0.2, 0) is 14.8 Å². The van der Waals surface area contributed by atoms with Crippen LogP contribution in [0.2, 0.25) is 0 Å². The van der Waals surface area contributed by atoms with Crippen molar-refractivity contribution in [2.45, 2.75) is 53.0 Å². The van der Waals surface area contributed by atoms with Crippen LogP contribution in [0.3, 0.4) is 0 Å². The molecule has 1 saturated heterocycles. The molecule has 10 heteroatoms. The molecule has 1 aromatic heterocycles. The summed E-state index contributed by atoms with van der Waals surface area (Å²) in [5.74, 6) is -0.471. The van der Waals surface area contributed by atoms with Gasteiger partial charge in [0.1, 0.15) is 17.4 Å². The van der Waals surface area contributed by atoms with Gasteiger partial charge in [0.15, 0.2) is 5.78 Å². The molecule has 39 heavy (non-hydrogen) atoms. The average Bonchev–Trinajstić information content (AvgIpc) is 3.13. The predicted octanol–water partition coefficient (Wildman–Crippen LogP) is 5.02. The lowest BCUT2D eigenvalue weighted by molar-refractivity contribution is -0.114. The van der Waals surface area contributed by atoms with Gasteiger partial charge in [-0.15, -0.1) is 0 Å². The molecule has 1 aliphatic carbocycles. The minimum Gasteiger partial charge on any atom is -0.493 e. The second kappa shape index (κ2) is 10.9. The molecule has 1 fully saturated rings. The number of nitrogens with zero attached hydrogens (tertiary/aromatic N) is 2. The summed E-state index contributed by atoms with van der Waals surface area (Å²) in [5.41, 5.74) is 0.586. The van der Waals surface area contributed by atoms with E-state index >= 15 is 0 Å². The summed E-state index contributed by atoms with van der Waals surface area (Å²) < 4.78 is 48.2. The SMILES string of the molecule is CC(C)COc1cc(F)cc(-c2ccc(C(=O)NS(=O)(=O)C3=CC=CC(=O)C3)c(N3CC(C)CC3(C)C)n2)c1. The molecular formula is C29H34FN3O5S. The molecule has 1 unspecified atom stereocenters. The zero-order valence-electron chi connectivity index (χ0n) is 22.8. The summed E-state index contributed by atoms with van der Waals surface area (Å²) >= 11 is 0. The number of anilines is 1. The normalized spacial score (nSPS) is 18.8. The number of amides is 1. The average molecular weight is 556 g/mol. The van der Waals surface area contributed by atoms with E-state index in [9.17, 15) is 22.4 Å². The minimum absolute atomic E-state index is 0.0652. The Morgan fingerprint density at radius 1 is 1.26 bits per heavy atom. The van der Waals surface area contributed by atoms with Gasteiger partial charge in [-0.25, -0.2) is 22.5 Å². The van der Waals surface area contributed by atoms with Crippen LogP contribution in [0, 0.1) is 17.7 Å². The molecule has 1 aliphatic heterocycles. The molecule has 1 N–H and O–H groups in total. The Bertz CT molecular complexity index is 1460. The van der Waals surface area contributed by atoms with Gasteiger partial charge in [-0.3, -0.25) is 9.59 Å². The predicted molar refractivity (Wildman–Crippen MR) is 148 cm³/mol. The highest BCUT2D eigenvalue weighted by molar-refractivity contribution is 7.94. The van der Waals surface area contributed by atoms with Gasteiger partial charge in [0, 0.05) is 30.1 Å². The number of benzene rings is 1. The third kappa shape index (κ3) is 6.55. The van der Waals surface area contributed by atoms with Gasteiger partial charge in [-0.2, -0.15) is 0 Å². The second-order valence-corrected chi connectivity index (χ2v) is 13.0. The van der Waals surface area contributed by atoms with Crippen LogP contribution in [0.4, 0.5) is 10.2 Å². The fourth-order valence-electron chi connectivity index (χ4n) is 4.99. The number of nitrogens with one attached hydrogen (secondary N) is 1. The van der Waals surface area contributed by atoms with Crippen LogP contribution in [0.5, 0.6) is 5.75 Å². The quantitative estimate of drug-likeness (QED) is 0.488. The standard InChI is InChI=1S/C29H34FN3O5S/c1-18(2)17-38-23-12-20(11-21(30)13-23)26-10-9-25(27(31-26)33-16-19(3)15-29(33,4)5)28(35)32-39(36,37)24-8-6-7-22(34)14-24/h6-13,18-19H,14-17H2,1-5H3,(H,32,35). The molecule has 8 nitrogen and oxygen atoms in total. The van der Waals surface area contributed by atoms with Crippen LogP contribution in [-0.4, -0.2) is 43.8 Å². The summed E-state index contributed by atoms with van der Waals surface area (Å²) in [6.45, 7) is 11.2. The van der Waals surface area contributed by atoms with Crippen molar-refractivity contribution in [3.8, 4) is 17.0 Å². The largest absolute Gasteiger partial charge is 0.493 e. The number of ether oxygens (including phenoxy) is 1. The molecule has 1 atom stereocenters. The van der Waals surface area contributed by atoms with Crippen molar-refractivity contribution < 1.29 is 27.1 Å². The number of sulfonamides is 1. The number of rotatable bonds is 8. The molecule has 2 aliphatic rings. The highest BCUT2D eigenvalue weighted by Crippen LogP contribution is 2.38. The number of aromatic nitrogens is 1. The lowest BCUT2D eigenvalue weighted by Crippen LogP contribution is -2.41. The number of pyridine rings is 1. The summed E-state index contributed by atoms with van der Waals surface area (Å²) in [6.07, 6.45) is 4.45. The van der Waals surface area contributed by atoms with Gasteiger partial charge in [0.25, 0.3) is 15.9 Å². The van der Waals surface area contributed by atoms with Crippen LogP contribution in [0.15, 0.2) is 53.5 Å². The first-order chi connectivity index (χ1) is 18.2. The fraction of sp³-hybridized carbons (Fsp3) is 0.414. The maximum Gasteiger partial charge on any atom is 0.268 e. The zero-order chi connectivity index (χ0) is 28.5. The number of carbonyl (C=O) groups excluding carboxylic acids is 2. The van der Waals surface area contributed by atoms with Gasteiger partial charge in [0.05, 0.1) is 22.8 Å². The lowest BCUT2D eigenvalue weighted by Gasteiger charge is -2.34. The smallest absolute Gasteiger partial charge is 0.268 e. The van der Waals surface area contributed by atoms with Crippen molar-refractivity contribution in [3.05, 3.63) is 64.8 Å². The van der Waals surface area contributed by atoms with Crippen LogP contribution < -0.4 is 14.4 Å². The Morgan fingerprint density at radius 2 is 2.00 bits per heavy atom. The zero-order valence-corrected chi connectivity index (χ0v) is 23.6. The molecule has 0 saturated carbocycles. The van der Waals surface area contributed by atoms with Crippen molar-refractivity contribution in [1.82, 2.24) is 9.71 Å². The van der Waals surface area contributed by atoms with Crippen LogP contribution >= 0.6 is 0 Å². The number of hydrogen-bond acceptors (Lipinski definition) is 7. The van der Waals surface area contributed by atoms with E-state index in [1.165, 1.54) is 36.4 Å². The van der Waals surface area contributed by atoms with E-state index in [-0.39, 0.29) is 34.1 Å². The third-order valence-electron chi connectivity index (χ3n) is 6.68. The first-order valence-corrected chi connectivity index (χ1v) is 14.4. The molecule has 0 bridgehead atoms. The summed E-state index contributed by atoms with van der Waals surface area (Å²) in [5, 5.41) is 0. The van der Waals surface area contributed by atoms with E-state index in [0.717, 1.165) is 6.42 Å². The molecular weight excluding hydrogens is 521 g/mol. The van der Waals surface area contributed by atoms with E-state index < -0.39 is 21.7 Å². The maximum absolute atomic E-state index is 14.5. The van der Waals surface area contributed by atoms with E-state index in [0.29, 0.717) is 41.9 Å². The van der Waals surface area contributed by atoms with E-state index in [1.807, 2.05) is 32.6 Å². The van der Waals surface area contributed by atoms with E-state index in [1.54, 1.807) is 12.1 Å². The Morgan fingerprint density at radius 3 is 2.64 bits per heavy atom. The monoisotopic (exact) mass is 555 g/mol. The van der Waals surface area contributed by atoms with Crippen molar-refractivity contribution in [3.63, 3.8) is 0 Å². The number of allylic oxidation sites excluding steroid dienone is 4. The third-order valence-corrected chi connectivity index (χ3v) is 8.11. The molecule has 1 amide bonds. The molecule has 208 valence electrons. The first-order valence-electron chi connectivity index (χ1n) is 12.9. The highest BCUT2D eigenvalue weighted by Gasteiger charge is 2.39. The maximum atomic E-state index is 14.5. The Hall–Kier alpha value is -3.53. The van der Waals surface area contributed by atoms with E-state index in [4.69, 9.17) is 9.72 Å². The lowest BCUT2D eigenvalue weighted by atomic mass is 9.97. The van der Waals surface area contributed by atoms with Gasteiger partial charge in [-0.1, -0.05) is 26.8 Å². The van der Waals surface area contributed by atoms with Gasteiger partial charge < -0.3 is 9.64 Å². The molecule has 2 aromatic rings. The Balaban J connectivity index is 1.75. The molecule has 0 radical (unpaired) electrons.